The van der Waals surface area contributed by atoms with Crippen LogP contribution in [0.25, 0.3) is 0 Å². The fourth-order valence-electron chi connectivity index (χ4n) is 0.712. The predicted octanol–water partition coefficient (Wildman–Crippen LogP) is 3.86. The van der Waals surface area contributed by atoms with E-state index < -0.39 is 0 Å². The molecule has 0 nitrogen and oxygen atoms in total. The molecule has 0 bridgehead atoms. The highest BCUT2D eigenvalue weighted by Gasteiger charge is 1.98. The van der Waals surface area contributed by atoms with Gasteiger partial charge in [0.05, 0.1) is 1.93 Å². The van der Waals surface area contributed by atoms with Gasteiger partial charge in [-0.05, 0) is 12.5 Å². The first-order valence-electron chi connectivity index (χ1n) is 3.05. The fraction of sp³-hybridized carbons (Fsp3) is 0.250. The normalized spacial score (nSPS) is 10.4. The van der Waals surface area contributed by atoms with Gasteiger partial charge < -0.3 is 0 Å². The molecule has 0 fully saturated rings. The van der Waals surface area contributed by atoms with Crippen LogP contribution < -0.4 is 0 Å². The van der Waals surface area contributed by atoms with Gasteiger partial charge in [0, 0.05) is 0 Å². The maximum atomic E-state index is 2.41. The molecule has 0 amide bonds. The maximum absolute atomic E-state index is 2.41. The number of halogens is 2. The van der Waals surface area contributed by atoms with Crippen LogP contribution in [-0.4, -0.2) is 0 Å². The molecule has 0 aromatic heterocycles. The molecule has 1 aromatic rings. The molecule has 0 aliphatic carbocycles. The SMILES string of the molecule is Cc1ccc(C(I)I)cc1. The minimum Gasteiger partial charge on any atom is -0.0657 e. The highest BCUT2D eigenvalue weighted by Crippen LogP contribution is 2.29. The van der Waals surface area contributed by atoms with E-state index in [0.717, 1.165) is 0 Å². The first-order chi connectivity index (χ1) is 4.70. The van der Waals surface area contributed by atoms with Crippen LogP contribution >= 0.6 is 45.2 Å². The largest absolute Gasteiger partial charge is 0.0874 e. The van der Waals surface area contributed by atoms with Crippen molar-refractivity contribution in [1.29, 1.82) is 0 Å². The van der Waals surface area contributed by atoms with Gasteiger partial charge in [0.2, 0.25) is 0 Å². The molecule has 0 saturated heterocycles. The molecular formula is C8H8I2. The Morgan fingerprint density at radius 3 is 2.00 bits per heavy atom. The zero-order valence-corrected chi connectivity index (χ0v) is 9.96. The lowest BCUT2D eigenvalue weighted by atomic mass is 10.2. The first-order valence-corrected chi connectivity index (χ1v) is 5.54. The Morgan fingerprint density at radius 2 is 1.60 bits per heavy atom. The van der Waals surface area contributed by atoms with Crippen molar-refractivity contribution in [3.05, 3.63) is 35.4 Å². The van der Waals surface area contributed by atoms with Crippen molar-refractivity contribution < 1.29 is 0 Å². The van der Waals surface area contributed by atoms with Crippen molar-refractivity contribution in [2.75, 3.05) is 0 Å². The molecule has 0 radical (unpaired) electrons. The molecule has 2 heteroatoms. The molecule has 0 heterocycles. The van der Waals surface area contributed by atoms with Gasteiger partial charge in [0.25, 0.3) is 0 Å². The van der Waals surface area contributed by atoms with Crippen molar-refractivity contribution in [1.82, 2.24) is 0 Å². The van der Waals surface area contributed by atoms with Crippen molar-refractivity contribution in [3.8, 4) is 0 Å². The van der Waals surface area contributed by atoms with Crippen LogP contribution in [0.15, 0.2) is 24.3 Å². The van der Waals surface area contributed by atoms with Crippen LogP contribution in [0.5, 0.6) is 0 Å². The zero-order chi connectivity index (χ0) is 7.56. The Morgan fingerprint density at radius 1 is 1.10 bits per heavy atom. The number of hydrogen-bond acceptors (Lipinski definition) is 0. The predicted molar refractivity (Wildman–Crippen MR) is 62.0 cm³/mol. The van der Waals surface area contributed by atoms with Crippen LogP contribution in [0.4, 0.5) is 0 Å². The highest BCUT2D eigenvalue weighted by atomic mass is 127. The van der Waals surface area contributed by atoms with Gasteiger partial charge in [0.1, 0.15) is 0 Å². The lowest BCUT2D eigenvalue weighted by Gasteiger charge is -2.00. The first kappa shape index (κ1) is 8.77. The summed E-state index contributed by atoms with van der Waals surface area (Å²) < 4.78 is 0.593. The third-order valence-corrected chi connectivity index (χ3v) is 2.77. The van der Waals surface area contributed by atoms with Gasteiger partial charge >= 0.3 is 0 Å². The summed E-state index contributed by atoms with van der Waals surface area (Å²) in [6.07, 6.45) is 0. The van der Waals surface area contributed by atoms with Gasteiger partial charge in [-0.15, -0.1) is 0 Å². The summed E-state index contributed by atoms with van der Waals surface area (Å²) >= 11 is 4.81. The Bertz CT molecular complexity index is 201. The van der Waals surface area contributed by atoms with E-state index in [1.165, 1.54) is 11.1 Å². The van der Waals surface area contributed by atoms with Crippen LogP contribution in [0.2, 0.25) is 0 Å². The number of aryl methyl sites for hydroxylation is 1. The van der Waals surface area contributed by atoms with Crippen molar-refractivity contribution >= 4 is 45.2 Å². The van der Waals surface area contributed by atoms with E-state index in [2.05, 4.69) is 76.4 Å². The summed E-state index contributed by atoms with van der Waals surface area (Å²) in [5.41, 5.74) is 2.73. The van der Waals surface area contributed by atoms with E-state index in [4.69, 9.17) is 0 Å². The fourth-order valence-corrected chi connectivity index (χ4v) is 1.54. The van der Waals surface area contributed by atoms with Gasteiger partial charge in [-0.2, -0.15) is 0 Å². The molecule has 0 unspecified atom stereocenters. The Balaban J connectivity index is 2.89. The minimum absolute atomic E-state index is 0.593. The second kappa shape index (κ2) is 3.90. The van der Waals surface area contributed by atoms with Gasteiger partial charge in [-0.3, -0.25) is 0 Å². The Kier molecular flexibility index (Phi) is 3.42. The van der Waals surface area contributed by atoms with Crippen molar-refractivity contribution in [2.45, 2.75) is 8.86 Å². The quantitative estimate of drug-likeness (QED) is 0.529. The minimum atomic E-state index is 0.593. The van der Waals surface area contributed by atoms with E-state index in [1.54, 1.807) is 0 Å². The van der Waals surface area contributed by atoms with Crippen molar-refractivity contribution in [2.24, 2.45) is 0 Å². The molecule has 0 aliphatic heterocycles. The van der Waals surface area contributed by atoms with E-state index in [9.17, 15) is 0 Å². The highest BCUT2D eigenvalue weighted by molar-refractivity contribution is 14.2. The second-order valence-electron chi connectivity index (χ2n) is 2.21. The summed E-state index contributed by atoms with van der Waals surface area (Å²) in [7, 11) is 0. The second-order valence-corrected chi connectivity index (χ2v) is 7.09. The Hall–Kier alpha value is 0.680. The third kappa shape index (κ3) is 2.38. The average molecular weight is 358 g/mol. The Labute approximate surface area is 88.7 Å². The molecule has 0 spiro atoms. The number of alkyl halides is 2. The molecular weight excluding hydrogens is 350 g/mol. The molecule has 10 heavy (non-hydrogen) atoms. The molecule has 1 aromatic carbocycles. The van der Waals surface area contributed by atoms with Crippen LogP contribution in [0, 0.1) is 6.92 Å². The van der Waals surface area contributed by atoms with Gasteiger partial charge in [-0.25, -0.2) is 0 Å². The van der Waals surface area contributed by atoms with Crippen LogP contribution in [0.3, 0.4) is 0 Å². The van der Waals surface area contributed by atoms with Gasteiger partial charge in [-0.1, -0.05) is 75.0 Å². The van der Waals surface area contributed by atoms with E-state index in [0.29, 0.717) is 1.93 Å². The number of benzene rings is 1. The molecule has 54 valence electrons. The molecule has 0 aliphatic rings. The topological polar surface area (TPSA) is 0 Å². The maximum Gasteiger partial charge on any atom is 0.0874 e. The summed E-state index contributed by atoms with van der Waals surface area (Å²) in [5.74, 6) is 0. The molecule has 0 N–H and O–H groups in total. The summed E-state index contributed by atoms with van der Waals surface area (Å²) in [6.45, 7) is 2.11. The van der Waals surface area contributed by atoms with Crippen LogP contribution in [-0.2, 0) is 0 Å². The van der Waals surface area contributed by atoms with Crippen LogP contribution in [0.1, 0.15) is 13.1 Å². The molecule has 0 atom stereocenters. The number of rotatable bonds is 1. The van der Waals surface area contributed by atoms with E-state index >= 15 is 0 Å². The van der Waals surface area contributed by atoms with Gasteiger partial charge in [0.15, 0.2) is 0 Å². The standard InChI is InChI=1S/C8H8I2/c1-6-2-4-7(5-3-6)8(9)10/h2-5,8H,1H3. The third-order valence-electron chi connectivity index (χ3n) is 1.33. The summed E-state index contributed by atoms with van der Waals surface area (Å²) in [6, 6.07) is 8.66. The lowest BCUT2D eigenvalue weighted by Crippen LogP contribution is -1.78. The monoisotopic (exact) mass is 358 g/mol. The molecule has 0 saturated carbocycles. The number of hydrogen-bond donors (Lipinski definition) is 0. The van der Waals surface area contributed by atoms with E-state index in [1.807, 2.05) is 0 Å². The summed E-state index contributed by atoms with van der Waals surface area (Å²) in [5, 5.41) is 0. The molecule has 1 rings (SSSR count). The van der Waals surface area contributed by atoms with E-state index in [-0.39, 0.29) is 0 Å². The summed E-state index contributed by atoms with van der Waals surface area (Å²) in [4.78, 5) is 0. The lowest BCUT2D eigenvalue weighted by molar-refractivity contribution is 1.39. The average Bonchev–Trinajstić information content (AvgIpc) is 1.88. The zero-order valence-electron chi connectivity index (χ0n) is 5.64. The van der Waals surface area contributed by atoms with Crippen molar-refractivity contribution in [3.63, 3.8) is 0 Å². The smallest absolute Gasteiger partial charge is 0.0657 e.